The van der Waals surface area contributed by atoms with Gasteiger partial charge in [-0.2, -0.15) is 0 Å². The van der Waals surface area contributed by atoms with E-state index in [0.717, 1.165) is 12.1 Å². The maximum absolute atomic E-state index is 13.3. The van der Waals surface area contributed by atoms with E-state index in [0.29, 0.717) is 12.1 Å². The molecule has 2 aromatic rings. The molecule has 0 fully saturated rings. The Kier molecular flexibility index (Phi) is 2.26. The molecule has 1 aromatic heterocycles. The van der Waals surface area contributed by atoms with Crippen molar-refractivity contribution in [3.63, 3.8) is 0 Å². The average Bonchev–Trinajstić information content (AvgIpc) is 2.19. The van der Waals surface area contributed by atoms with Gasteiger partial charge in [0, 0.05) is 17.8 Å². The summed E-state index contributed by atoms with van der Waals surface area (Å²) in [7, 11) is 0. The zero-order valence-corrected chi connectivity index (χ0v) is 8.10. The van der Waals surface area contributed by atoms with Crippen LogP contribution in [0, 0.1) is 11.6 Å². The minimum Gasteiger partial charge on any atom is -0.356 e. The fraction of sp³-hybridized carbons (Fsp3) is 0.182. The highest BCUT2D eigenvalue weighted by atomic mass is 19.1. The second kappa shape index (κ2) is 3.46. The Labute approximate surface area is 84.6 Å². The van der Waals surface area contributed by atoms with Gasteiger partial charge in [-0.25, -0.2) is 8.78 Å². The largest absolute Gasteiger partial charge is 0.356 e. The van der Waals surface area contributed by atoms with Crippen LogP contribution in [0.2, 0.25) is 0 Å². The third-order valence-corrected chi connectivity index (χ3v) is 2.29. The second-order valence-corrected chi connectivity index (χ2v) is 3.32. The Morgan fingerprint density at radius 1 is 1.27 bits per heavy atom. The predicted molar refractivity (Wildman–Crippen MR) is 53.9 cm³/mol. The molecule has 2 rings (SSSR count). The molecule has 0 aliphatic heterocycles. The van der Waals surface area contributed by atoms with Crippen LogP contribution < -0.4 is 5.43 Å². The highest BCUT2D eigenvalue weighted by Crippen LogP contribution is 2.15. The fourth-order valence-corrected chi connectivity index (χ4v) is 1.52. The molecule has 0 aliphatic carbocycles. The highest BCUT2D eigenvalue weighted by molar-refractivity contribution is 5.79. The summed E-state index contributed by atoms with van der Waals surface area (Å²) in [6.07, 6.45) is 0.599. The van der Waals surface area contributed by atoms with Crippen LogP contribution in [-0.4, -0.2) is 4.98 Å². The van der Waals surface area contributed by atoms with Gasteiger partial charge in [0.1, 0.15) is 11.6 Å². The summed E-state index contributed by atoms with van der Waals surface area (Å²) in [4.78, 5) is 14.3. The first-order chi connectivity index (χ1) is 7.11. The minimum atomic E-state index is -0.741. The zero-order valence-electron chi connectivity index (χ0n) is 8.10. The van der Waals surface area contributed by atoms with Crippen molar-refractivity contribution in [3.05, 3.63) is 45.8 Å². The van der Waals surface area contributed by atoms with Gasteiger partial charge in [-0.05, 0) is 12.5 Å². The van der Waals surface area contributed by atoms with Gasteiger partial charge in [-0.1, -0.05) is 6.92 Å². The number of aryl methyl sites for hydroxylation is 1. The summed E-state index contributed by atoms with van der Waals surface area (Å²) >= 11 is 0. The second-order valence-electron chi connectivity index (χ2n) is 3.32. The summed E-state index contributed by atoms with van der Waals surface area (Å²) in [5, 5.41) is 0.0460. The quantitative estimate of drug-likeness (QED) is 0.768. The molecule has 1 heterocycles. The van der Waals surface area contributed by atoms with Crippen molar-refractivity contribution in [1.82, 2.24) is 4.98 Å². The number of halogens is 2. The minimum absolute atomic E-state index is 0.0460. The van der Waals surface area contributed by atoms with Gasteiger partial charge in [-0.15, -0.1) is 0 Å². The molecule has 4 heteroatoms. The lowest BCUT2D eigenvalue weighted by Gasteiger charge is -2.03. The zero-order chi connectivity index (χ0) is 11.0. The molecule has 0 spiro atoms. The molecule has 0 saturated carbocycles. The Bertz CT molecular complexity index is 575. The highest BCUT2D eigenvalue weighted by Gasteiger charge is 2.08. The number of aromatic amines is 1. The summed E-state index contributed by atoms with van der Waals surface area (Å²) in [6.45, 7) is 1.85. The van der Waals surface area contributed by atoms with Crippen LogP contribution in [0.3, 0.4) is 0 Å². The van der Waals surface area contributed by atoms with Crippen molar-refractivity contribution in [2.75, 3.05) is 0 Å². The monoisotopic (exact) mass is 209 g/mol. The summed E-state index contributed by atoms with van der Waals surface area (Å²) in [6, 6.07) is 3.16. The number of hydrogen-bond acceptors (Lipinski definition) is 1. The van der Waals surface area contributed by atoms with Crippen LogP contribution >= 0.6 is 0 Å². The van der Waals surface area contributed by atoms with Gasteiger partial charge in [0.2, 0.25) is 0 Å². The van der Waals surface area contributed by atoms with Crippen LogP contribution in [-0.2, 0) is 6.42 Å². The number of aromatic nitrogens is 1. The molecule has 0 bridgehead atoms. The molecule has 0 amide bonds. The average molecular weight is 209 g/mol. The van der Waals surface area contributed by atoms with Crippen molar-refractivity contribution < 1.29 is 8.78 Å². The van der Waals surface area contributed by atoms with E-state index >= 15 is 0 Å². The van der Waals surface area contributed by atoms with Crippen LogP contribution in [0.5, 0.6) is 0 Å². The number of nitrogens with one attached hydrogen (secondary N) is 1. The van der Waals surface area contributed by atoms with Crippen molar-refractivity contribution in [2.24, 2.45) is 0 Å². The molecule has 0 radical (unpaired) electrons. The van der Waals surface area contributed by atoms with Gasteiger partial charge >= 0.3 is 0 Å². The number of H-pyrrole nitrogens is 1. The molecule has 15 heavy (non-hydrogen) atoms. The van der Waals surface area contributed by atoms with Crippen molar-refractivity contribution in [1.29, 1.82) is 0 Å². The molecule has 0 unspecified atom stereocenters. The number of hydrogen-bond donors (Lipinski definition) is 1. The molecule has 0 atom stereocenters. The van der Waals surface area contributed by atoms with E-state index in [4.69, 9.17) is 0 Å². The normalized spacial score (nSPS) is 10.9. The first-order valence-corrected chi connectivity index (χ1v) is 4.62. The van der Waals surface area contributed by atoms with E-state index in [1.165, 1.54) is 6.07 Å². The lowest BCUT2D eigenvalue weighted by molar-refractivity contribution is 0.590. The Morgan fingerprint density at radius 3 is 2.67 bits per heavy atom. The topological polar surface area (TPSA) is 32.9 Å². The third kappa shape index (κ3) is 1.63. The SMILES string of the molecule is CCc1cc(=O)c2cc(F)cc(F)c2[nH]1. The van der Waals surface area contributed by atoms with Gasteiger partial charge in [0.05, 0.1) is 10.9 Å². The first-order valence-electron chi connectivity index (χ1n) is 4.62. The number of pyridine rings is 1. The number of fused-ring (bicyclic) bond motifs is 1. The lowest BCUT2D eigenvalue weighted by atomic mass is 10.1. The van der Waals surface area contributed by atoms with Crippen molar-refractivity contribution in [3.8, 4) is 0 Å². The van der Waals surface area contributed by atoms with Crippen LogP contribution in [0.25, 0.3) is 10.9 Å². The van der Waals surface area contributed by atoms with Gasteiger partial charge in [0.25, 0.3) is 0 Å². The molecule has 0 saturated heterocycles. The van der Waals surface area contributed by atoms with E-state index in [1.54, 1.807) is 0 Å². The number of benzene rings is 1. The Morgan fingerprint density at radius 2 is 2.00 bits per heavy atom. The number of rotatable bonds is 1. The van der Waals surface area contributed by atoms with Crippen LogP contribution in [0.1, 0.15) is 12.6 Å². The maximum atomic E-state index is 13.3. The third-order valence-electron chi connectivity index (χ3n) is 2.29. The van der Waals surface area contributed by atoms with E-state index in [9.17, 15) is 13.6 Å². The van der Waals surface area contributed by atoms with E-state index in [1.807, 2.05) is 6.92 Å². The Balaban J connectivity index is 2.91. The van der Waals surface area contributed by atoms with Crippen LogP contribution in [0.4, 0.5) is 8.78 Å². The van der Waals surface area contributed by atoms with Crippen LogP contribution in [0.15, 0.2) is 23.0 Å². The van der Waals surface area contributed by atoms with Gasteiger partial charge in [0.15, 0.2) is 5.43 Å². The van der Waals surface area contributed by atoms with Crippen molar-refractivity contribution >= 4 is 10.9 Å². The molecule has 1 aromatic carbocycles. The lowest BCUT2D eigenvalue weighted by Crippen LogP contribution is -2.06. The van der Waals surface area contributed by atoms with Gasteiger partial charge < -0.3 is 4.98 Å². The van der Waals surface area contributed by atoms with E-state index in [2.05, 4.69) is 4.98 Å². The fourth-order valence-electron chi connectivity index (χ4n) is 1.52. The Hall–Kier alpha value is -1.71. The standard InChI is InChI=1S/C11H9F2NO/c1-2-7-5-10(15)8-3-6(12)4-9(13)11(8)14-7/h3-5H,2H2,1H3,(H,14,15). The molecule has 1 N–H and O–H groups in total. The molecule has 2 nitrogen and oxygen atoms in total. The van der Waals surface area contributed by atoms with Gasteiger partial charge in [-0.3, -0.25) is 4.79 Å². The van der Waals surface area contributed by atoms with E-state index < -0.39 is 11.6 Å². The summed E-state index contributed by atoms with van der Waals surface area (Å²) in [5.74, 6) is -1.48. The molecular weight excluding hydrogens is 200 g/mol. The molecule has 78 valence electrons. The predicted octanol–water partition coefficient (Wildman–Crippen LogP) is 2.37. The molecular formula is C11H9F2NO. The summed E-state index contributed by atoms with van der Waals surface area (Å²) < 4.78 is 26.2. The van der Waals surface area contributed by atoms with Crippen molar-refractivity contribution in [2.45, 2.75) is 13.3 Å². The maximum Gasteiger partial charge on any atom is 0.189 e. The molecule has 0 aliphatic rings. The smallest absolute Gasteiger partial charge is 0.189 e. The summed E-state index contributed by atoms with van der Waals surface area (Å²) in [5.41, 5.74) is 0.345. The van der Waals surface area contributed by atoms with E-state index in [-0.39, 0.29) is 16.3 Å². The first kappa shape index (κ1) is 9.83.